The SMILES string of the molecule is COc1ccc(Cl)cc1C(=O)NC(=S)Nc1ccc(S(N)(=O)=O)cc1. The lowest BCUT2D eigenvalue weighted by Crippen LogP contribution is -2.34. The number of sulfonamides is 1. The maximum absolute atomic E-state index is 12.3. The highest BCUT2D eigenvalue weighted by Crippen LogP contribution is 2.22. The number of carbonyl (C=O) groups is 1. The average molecular weight is 400 g/mol. The van der Waals surface area contributed by atoms with Gasteiger partial charge in [-0.15, -0.1) is 0 Å². The van der Waals surface area contributed by atoms with Crippen molar-refractivity contribution in [2.24, 2.45) is 5.14 Å². The van der Waals surface area contributed by atoms with Crippen LogP contribution in [-0.4, -0.2) is 26.5 Å². The fourth-order valence-electron chi connectivity index (χ4n) is 1.92. The molecule has 2 aromatic rings. The fourth-order valence-corrected chi connectivity index (χ4v) is 2.82. The lowest BCUT2D eigenvalue weighted by atomic mass is 10.2. The first-order valence-electron chi connectivity index (χ1n) is 6.79. The summed E-state index contributed by atoms with van der Waals surface area (Å²) in [6.07, 6.45) is 0. The van der Waals surface area contributed by atoms with Gasteiger partial charge in [-0.25, -0.2) is 13.6 Å². The summed E-state index contributed by atoms with van der Waals surface area (Å²) in [6, 6.07) is 10.2. The number of methoxy groups -OCH3 is 1. The largest absolute Gasteiger partial charge is 0.496 e. The molecule has 2 aromatic carbocycles. The lowest BCUT2D eigenvalue weighted by molar-refractivity contribution is 0.0974. The minimum atomic E-state index is -3.77. The zero-order valence-corrected chi connectivity index (χ0v) is 15.3. The van der Waals surface area contributed by atoms with E-state index in [2.05, 4.69) is 10.6 Å². The second-order valence-corrected chi connectivity index (χ2v) is 7.23. The first kappa shape index (κ1) is 19.1. The van der Waals surface area contributed by atoms with Crippen LogP contribution in [0.3, 0.4) is 0 Å². The van der Waals surface area contributed by atoms with Gasteiger partial charge in [0.1, 0.15) is 5.75 Å². The van der Waals surface area contributed by atoms with Gasteiger partial charge in [-0.3, -0.25) is 10.1 Å². The molecule has 4 N–H and O–H groups in total. The van der Waals surface area contributed by atoms with Crippen molar-refractivity contribution in [1.82, 2.24) is 5.32 Å². The fraction of sp³-hybridized carbons (Fsp3) is 0.0667. The highest BCUT2D eigenvalue weighted by Gasteiger charge is 2.14. The van der Waals surface area contributed by atoms with Crippen molar-refractivity contribution in [2.75, 3.05) is 12.4 Å². The van der Waals surface area contributed by atoms with E-state index in [1.54, 1.807) is 12.1 Å². The Morgan fingerprint density at radius 3 is 2.40 bits per heavy atom. The molecule has 0 aliphatic rings. The van der Waals surface area contributed by atoms with E-state index in [0.717, 1.165) is 0 Å². The van der Waals surface area contributed by atoms with Crippen LogP contribution >= 0.6 is 23.8 Å². The number of thiocarbonyl (C=S) groups is 1. The predicted octanol–water partition coefficient (Wildman–Crippen LogP) is 2.12. The highest BCUT2D eigenvalue weighted by atomic mass is 35.5. The Labute approximate surface area is 155 Å². The van der Waals surface area contributed by atoms with Gasteiger partial charge in [-0.1, -0.05) is 11.6 Å². The zero-order valence-electron chi connectivity index (χ0n) is 12.9. The minimum absolute atomic E-state index is 0.0235. The molecule has 132 valence electrons. The van der Waals surface area contributed by atoms with Crippen LogP contribution in [0.25, 0.3) is 0 Å². The molecule has 0 aromatic heterocycles. The van der Waals surface area contributed by atoms with Crippen LogP contribution < -0.4 is 20.5 Å². The van der Waals surface area contributed by atoms with E-state index in [0.29, 0.717) is 16.5 Å². The molecule has 0 aliphatic heterocycles. The van der Waals surface area contributed by atoms with E-state index in [1.807, 2.05) is 0 Å². The Morgan fingerprint density at radius 2 is 1.84 bits per heavy atom. The van der Waals surface area contributed by atoms with Crippen LogP contribution in [-0.2, 0) is 10.0 Å². The van der Waals surface area contributed by atoms with Crippen molar-refractivity contribution >= 4 is 50.5 Å². The topological polar surface area (TPSA) is 111 Å². The molecule has 0 spiro atoms. The first-order chi connectivity index (χ1) is 11.7. The monoisotopic (exact) mass is 399 g/mol. The number of hydrogen-bond donors (Lipinski definition) is 3. The molecule has 0 unspecified atom stereocenters. The van der Waals surface area contributed by atoms with Crippen LogP contribution in [0.4, 0.5) is 5.69 Å². The number of nitrogens with one attached hydrogen (secondary N) is 2. The second kappa shape index (κ2) is 7.79. The molecule has 7 nitrogen and oxygen atoms in total. The molecule has 10 heteroatoms. The van der Waals surface area contributed by atoms with E-state index < -0.39 is 15.9 Å². The summed E-state index contributed by atoms with van der Waals surface area (Å²) in [5.41, 5.74) is 0.708. The Hall–Kier alpha value is -2.20. The molecule has 0 saturated carbocycles. The van der Waals surface area contributed by atoms with Gasteiger partial charge in [0, 0.05) is 10.7 Å². The summed E-state index contributed by atoms with van der Waals surface area (Å²) >= 11 is 11.0. The molecule has 1 amide bonds. The molecule has 0 saturated heterocycles. The number of hydrogen-bond acceptors (Lipinski definition) is 5. The quantitative estimate of drug-likeness (QED) is 0.679. The third kappa shape index (κ3) is 5.13. The minimum Gasteiger partial charge on any atom is -0.496 e. The van der Waals surface area contributed by atoms with Crippen LogP contribution in [0.5, 0.6) is 5.75 Å². The van der Waals surface area contributed by atoms with Crippen molar-refractivity contribution < 1.29 is 17.9 Å². The van der Waals surface area contributed by atoms with Gasteiger partial charge in [0.15, 0.2) is 5.11 Å². The molecule has 0 bridgehead atoms. The summed E-state index contributed by atoms with van der Waals surface area (Å²) in [7, 11) is -2.34. The Balaban J connectivity index is 2.07. The van der Waals surface area contributed by atoms with Crippen molar-refractivity contribution in [3.05, 3.63) is 53.1 Å². The first-order valence-corrected chi connectivity index (χ1v) is 9.12. The number of carbonyl (C=O) groups excluding carboxylic acids is 1. The summed E-state index contributed by atoms with van der Waals surface area (Å²) in [5.74, 6) is -0.153. The maximum Gasteiger partial charge on any atom is 0.261 e. The van der Waals surface area contributed by atoms with Crippen LogP contribution in [0.15, 0.2) is 47.4 Å². The van der Waals surface area contributed by atoms with Crippen molar-refractivity contribution in [3.8, 4) is 5.75 Å². The molecule has 0 heterocycles. The number of ether oxygens (including phenoxy) is 1. The Kier molecular flexibility index (Phi) is 5.96. The number of benzene rings is 2. The van der Waals surface area contributed by atoms with Gasteiger partial charge in [0.25, 0.3) is 5.91 Å². The lowest BCUT2D eigenvalue weighted by Gasteiger charge is -2.12. The van der Waals surface area contributed by atoms with E-state index in [9.17, 15) is 13.2 Å². The summed E-state index contributed by atoms with van der Waals surface area (Å²) in [4.78, 5) is 12.3. The summed E-state index contributed by atoms with van der Waals surface area (Å²) in [5, 5.41) is 10.7. The van der Waals surface area contributed by atoms with Gasteiger partial charge in [-0.2, -0.15) is 0 Å². The number of primary sulfonamides is 1. The number of rotatable bonds is 4. The number of anilines is 1. The smallest absolute Gasteiger partial charge is 0.261 e. The van der Waals surface area contributed by atoms with Gasteiger partial charge in [0.05, 0.1) is 17.6 Å². The van der Waals surface area contributed by atoms with Gasteiger partial charge < -0.3 is 10.1 Å². The molecule has 0 fully saturated rings. The van der Waals surface area contributed by atoms with Crippen molar-refractivity contribution in [3.63, 3.8) is 0 Å². The molecule has 0 radical (unpaired) electrons. The zero-order chi connectivity index (χ0) is 18.6. The third-order valence-electron chi connectivity index (χ3n) is 3.07. The third-order valence-corrected chi connectivity index (χ3v) is 4.44. The van der Waals surface area contributed by atoms with Crippen LogP contribution in [0.2, 0.25) is 5.02 Å². The summed E-state index contributed by atoms with van der Waals surface area (Å²) in [6.45, 7) is 0. The van der Waals surface area contributed by atoms with Gasteiger partial charge in [-0.05, 0) is 54.7 Å². The van der Waals surface area contributed by atoms with Crippen molar-refractivity contribution in [2.45, 2.75) is 4.90 Å². The normalized spacial score (nSPS) is 10.8. The molecule has 0 atom stereocenters. The van der Waals surface area contributed by atoms with Crippen LogP contribution in [0, 0.1) is 0 Å². The number of amides is 1. The van der Waals surface area contributed by atoms with E-state index in [4.69, 9.17) is 33.7 Å². The Bertz CT molecular complexity index is 915. The maximum atomic E-state index is 12.3. The van der Waals surface area contributed by atoms with E-state index in [1.165, 1.54) is 37.4 Å². The van der Waals surface area contributed by atoms with Gasteiger partial charge >= 0.3 is 0 Å². The predicted molar refractivity (Wildman–Crippen MR) is 99.5 cm³/mol. The highest BCUT2D eigenvalue weighted by molar-refractivity contribution is 7.89. The molecular weight excluding hydrogens is 386 g/mol. The summed E-state index contributed by atoms with van der Waals surface area (Å²) < 4.78 is 27.5. The van der Waals surface area contributed by atoms with Gasteiger partial charge in [0.2, 0.25) is 10.0 Å². The number of halogens is 1. The van der Waals surface area contributed by atoms with Crippen molar-refractivity contribution in [1.29, 1.82) is 0 Å². The van der Waals surface area contributed by atoms with Crippen LogP contribution in [0.1, 0.15) is 10.4 Å². The molecule has 0 aliphatic carbocycles. The molecule has 2 rings (SSSR count). The Morgan fingerprint density at radius 1 is 1.20 bits per heavy atom. The molecular formula is C15H14ClN3O4S2. The average Bonchev–Trinajstić information content (AvgIpc) is 2.54. The molecule has 25 heavy (non-hydrogen) atoms. The number of nitrogens with two attached hydrogens (primary N) is 1. The van der Waals surface area contributed by atoms with E-state index in [-0.39, 0.29) is 15.6 Å². The standard InChI is InChI=1S/C15H14ClN3O4S2/c1-23-13-7-2-9(16)8-12(13)14(20)19-15(24)18-10-3-5-11(6-4-10)25(17,21)22/h2-8H,1H3,(H2,17,21,22)(H2,18,19,20,24). The second-order valence-electron chi connectivity index (χ2n) is 4.82. The van der Waals surface area contributed by atoms with E-state index >= 15 is 0 Å².